The maximum atomic E-state index is 13.1. The predicted octanol–water partition coefficient (Wildman–Crippen LogP) is 2.47. The lowest BCUT2D eigenvalue weighted by Crippen LogP contribution is -2.47. The van der Waals surface area contributed by atoms with Gasteiger partial charge in [-0.3, -0.25) is 0 Å². The molecule has 1 fully saturated rings. The first-order chi connectivity index (χ1) is 12.0. The molecule has 3 aromatic rings. The van der Waals surface area contributed by atoms with Crippen LogP contribution in [0.4, 0.5) is 24.7 Å². The Morgan fingerprint density at radius 2 is 1.60 bits per heavy atom. The molecule has 130 valence electrons. The zero-order valence-electron chi connectivity index (χ0n) is 13.2. The quantitative estimate of drug-likeness (QED) is 0.712. The number of fused-ring (bicyclic) bond motifs is 1. The van der Waals surface area contributed by atoms with E-state index in [-0.39, 0.29) is 5.78 Å². The highest BCUT2D eigenvalue weighted by Crippen LogP contribution is 2.31. The Bertz CT molecular complexity index is 868. The standard InChI is InChI=1S/C16H15F3N6/c17-16(18,19)13-10-14(25-15(22-13)20-11-21-25)24-8-6-23(7-9-24)12-4-2-1-3-5-12/h1-5,10-11H,6-9H2. The van der Waals surface area contributed by atoms with Crippen LogP contribution < -0.4 is 9.80 Å². The van der Waals surface area contributed by atoms with Gasteiger partial charge in [0.2, 0.25) is 0 Å². The van der Waals surface area contributed by atoms with Crippen molar-refractivity contribution in [2.45, 2.75) is 6.18 Å². The van der Waals surface area contributed by atoms with Gasteiger partial charge >= 0.3 is 6.18 Å². The lowest BCUT2D eigenvalue weighted by molar-refractivity contribution is -0.141. The van der Waals surface area contributed by atoms with Crippen LogP contribution in [0.25, 0.3) is 5.78 Å². The minimum Gasteiger partial charge on any atom is -0.368 e. The van der Waals surface area contributed by atoms with E-state index in [1.807, 2.05) is 35.2 Å². The Morgan fingerprint density at radius 1 is 0.920 bits per heavy atom. The number of hydrogen-bond acceptors (Lipinski definition) is 5. The molecule has 0 saturated carbocycles. The number of anilines is 2. The summed E-state index contributed by atoms with van der Waals surface area (Å²) in [7, 11) is 0. The van der Waals surface area contributed by atoms with Crippen molar-refractivity contribution in [1.82, 2.24) is 19.6 Å². The van der Waals surface area contributed by atoms with Crippen LogP contribution in [0.1, 0.15) is 5.69 Å². The van der Waals surface area contributed by atoms with Crippen LogP contribution in [-0.4, -0.2) is 45.8 Å². The van der Waals surface area contributed by atoms with Gasteiger partial charge < -0.3 is 9.80 Å². The van der Waals surface area contributed by atoms with Crippen molar-refractivity contribution < 1.29 is 13.2 Å². The molecule has 1 saturated heterocycles. The van der Waals surface area contributed by atoms with Crippen LogP contribution in [0.3, 0.4) is 0 Å². The maximum Gasteiger partial charge on any atom is 0.433 e. The van der Waals surface area contributed by atoms with Gasteiger partial charge in [-0.25, -0.2) is 4.98 Å². The maximum absolute atomic E-state index is 13.1. The molecular weight excluding hydrogens is 333 g/mol. The lowest BCUT2D eigenvalue weighted by Gasteiger charge is -2.37. The predicted molar refractivity (Wildman–Crippen MR) is 86.7 cm³/mol. The zero-order valence-corrected chi connectivity index (χ0v) is 13.2. The van der Waals surface area contributed by atoms with Gasteiger partial charge in [-0.15, -0.1) is 0 Å². The number of hydrogen-bond donors (Lipinski definition) is 0. The Morgan fingerprint density at radius 3 is 2.28 bits per heavy atom. The SMILES string of the molecule is FC(F)(F)c1cc(N2CCN(c3ccccc3)CC2)n2ncnc2n1. The highest BCUT2D eigenvalue weighted by atomic mass is 19.4. The molecule has 1 aliphatic rings. The second-order valence-electron chi connectivity index (χ2n) is 5.78. The van der Waals surface area contributed by atoms with E-state index in [2.05, 4.69) is 20.0 Å². The van der Waals surface area contributed by atoms with E-state index < -0.39 is 11.9 Å². The van der Waals surface area contributed by atoms with E-state index >= 15 is 0 Å². The van der Waals surface area contributed by atoms with Gasteiger partial charge in [0.25, 0.3) is 5.78 Å². The molecule has 1 aliphatic heterocycles. The normalized spacial score (nSPS) is 15.8. The molecule has 0 radical (unpaired) electrons. The number of benzene rings is 1. The Kier molecular flexibility index (Phi) is 3.70. The van der Waals surface area contributed by atoms with Gasteiger partial charge in [-0.2, -0.15) is 27.8 Å². The third kappa shape index (κ3) is 2.97. The smallest absolute Gasteiger partial charge is 0.368 e. The number of para-hydroxylation sites is 1. The van der Waals surface area contributed by atoms with Gasteiger partial charge in [-0.05, 0) is 12.1 Å². The zero-order chi connectivity index (χ0) is 17.4. The summed E-state index contributed by atoms with van der Waals surface area (Å²) in [6, 6.07) is 11.0. The van der Waals surface area contributed by atoms with Crippen LogP contribution >= 0.6 is 0 Å². The molecule has 3 heterocycles. The summed E-state index contributed by atoms with van der Waals surface area (Å²) in [6.07, 6.45) is -3.31. The Balaban J connectivity index is 1.61. The number of halogens is 3. The van der Waals surface area contributed by atoms with Gasteiger partial charge in [0.15, 0.2) is 5.69 Å². The van der Waals surface area contributed by atoms with Crippen molar-refractivity contribution in [3.05, 3.63) is 48.4 Å². The summed E-state index contributed by atoms with van der Waals surface area (Å²) < 4.78 is 40.7. The second-order valence-corrected chi connectivity index (χ2v) is 5.78. The average molecular weight is 348 g/mol. The third-order valence-electron chi connectivity index (χ3n) is 4.25. The van der Waals surface area contributed by atoms with E-state index in [9.17, 15) is 13.2 Å². The van der Waals surface area contributed by atoms with E-state index in [1.54, 1.807) is 0 Å². The number of piperazine rings is 1. The van der Waals surface area contributed by atoms with Crippen LogP contribution in [0.5, 0.6) is 0 Å². The minimum absolute atomic E-state index is 0.0460. The molecule has 0 amide bonds. The summed E-state index contributed by atoms with van der Waals surface area (Å²) in [4.78, 5) is 11.5. The minimum atomic E-state index is -4.52. The fourth-order valence-corrected chi connectivity index (χ4v) is 3.00. The van der Waals surface area contributed by atoms with Gasteiger partial charge in [0, 0.05) is 37.9 Å². The van der Waals surface area contributed by atoms with E-state index in [0.717, 1.165) is 11.8 Å². The molecule has 6 nitrogen and oxygen atoms in total. The molecule has 2 aromatic heterocycles. The van der Waals surface area contributed by atoms with E-state index in [0.29, 0.717) is 32.0 Å². The fraction of sp³-hybridized carbons (Fsp3) is 0.312. The Hall–Kier alpha value is -2.84. The van der Waals surface area contributed by atoms with E-state index in [4.69, 9.17) is 0 Å². The molecule has 0 spiro atoms. The van der Waals surface area contributed by atoms with Crippen molar-refractivity contribution in [2.75, 3.05) is 36.0 Å². The number of rotatable bonds is 2. The summed E-state index contributed by atoms with van der Waals surface area (Å²) in [6.45, 7) is 2.60. The number of nitrogens with zero attached hydrogens (tertiary/aromatic N) is 6. The fourth-order valence-electron chi connectivity index (χ4n) is 3.00. The van der Waals surface area contributed by atoms with Gasteiger partial charge in [-0.1, -0.05) is 18.2 Å². The van der Waals surface area contributed by atoms with Crippen molar-refractivity contribution >= 4 is 17.3 Å². The molecule has 1 aromatic carbocycles. The molecule has 9 heteroatoms. The topological polar surface area (TPSA) is 49.6 Å². The summed E-state index contributed by atoms with van der Waals surface area (Å²) in [5.74, 6) is 0.317. The van der Waals surface area contributed by atoms with Crippen molar-refractivity contribution in [1.29, 1.82) is 0 Å². The third-order valence-corrected chi connectivity index (χ3v) is 4.25. The molecule has 0 unspecified atom stereocenters. The van der Waals surface area contributed by atoms with Gasteiger partial charge in [0.05, 0.1) is 0 Å². The van der Waals surface area contributed by atoms with Crippen LogP contribution in [-0.2, 0) is 6.18 Å². The highest BCUT2D eigenvalue weighted by molar-refractivity contribution is 5.52. The van der Waals surface area contributed by atoms with Crippen molar-refractivity contribution in [2.24, 2.45) is 0 Å². The van der Waals surface area contributed by atoms with E-state index in [1.165, 1.54) is 10.8 Å². The molecule has 0 atom stereocenters. The molecular formula is C16H15F3N6. The first-order valence-electron chi connectivity index (χ1n) is 7.85. The van der Waals surface area contributed by atoms with Crippen LogP contribution in [0, 0.1) is 0 Å². The molecule has 0 aliphatic carbocycles. The molecule has 4 rings (SSSR count). The molecule has 25 heavy (non-hydrogen) atoms. The molecule has 0 N–H and O–H groups in total. The van der Waals surface area contributed by atoms with Crippen LogP contribution in [0.2, 0.25) is 0 Å². The van der Waals surface area contributed by atoms with Crippen LogP contribution in [0.15, 0.2) is 42.7 Å². The number of aromatic nitrogens is 4. The summed E-state index contributed by atoms with van der Waals surface area (Å²) >= 11 is 0. The first-order valence-corrected chi connectivity index (χ1v) is 7.85. The van der Waals surface area contributed by atoms with Crippen molar-refractivity contribution in [3.8, 4) is 0 Å². The summed E-state index contributed by atoms with van der Waals surface area (Å²) in [5.41, 5.74) is 0.159. The highest BCUT2D eigenvalue weighted by Gasteiger charge is 2.35. The van der Waals surface area contributed by atoms with Crippen molar-refractivity contribution in [3.63, 3.8) is 0 Å². The largest absolute Gasteiger partial charge is 0.433 e. The monoisotopic (exact) mass is 348 g/mol. The van der Waals surface area contributed by atoms with Gasteiger partial charge in [0.1, 0.15) is 12.1 Å². The average Bonchev–Trinajstić information content (AvgIpc) is 3.10. The Labute approximate surface area is 141 Å². The lowest BCUT2D eigenvalue weighted by atomic mass is 10.2. The summed E-state index contributed by atoms with van der Waals surface area (Å²) in [5, 5.41) is 4.01. The second kappa shape index (κ2) is 5.91. The number of alkyl halides is 3. The first kappa shape index (κ1) is 15.7. The molecule has 0 bridgehead atoms.